The number of halogens is 5. The minimum absolute atomic E-state index is 0.968. The van der Waals surface area contributed by atoms with Crippen molar-refractivity contribution in [1.82, 2.24) is 0 Å². The van der Waals surface area contributed by atoms with E-state index < -0.39 is 0 Å². The lowest BCUT2D eigenvalue weighted by atomic mass is 10.0. The maximum atomic E-state index is 3.66. The summed E-state index contributed by atoms with van der Waals surface area (Å²) in [5, 5.41) is 0. The van der Waals surface area contributed by atoms with Gasteiger partial charge in [0.1, 0.15) is 0 Å². The topological polar surface area (TPSA) is 0 Å². The number of benzene rings is 2. The molecule has 2 aromatic rings. The zero-order valence-corrected chi connectivity index (χ0v) is 17.6. The minimum atomic E-state index is 0.968. The number of aryl methyl sites for hydroxylation is 1. The second-order valence-corrected chi connectivity index (χ2v) is 8.00. The van der Waals surface area contributed by atoms with Gasteiger partial charge in [-0.3, -0.25) is 0 Å². The summed E-state index contributed by atoms with van der Waals surface area (Å²) in [6.07, 6.45) is 1.98. The van der Waals surface area contributed by atoms with Gasteiger partial charge in [0.15, 0.2) is 0 Å². The molecule has 0 aliphatic rings. The Kier molecular flexibility index (Phi) is 6.15. The van der Waals surface area contributed by atoms with Crippen molar-refractivity contribution >= 4 is 79.6 Å². The lowest BCUT2D eigenvalue weighted by molar-refractivity contribution is 0.944. The molecule has 2 aromatic carbocycles. The zero-order chi connectivity index (χ0) is 14.0. The lowest BCUT2D eigenvalue weighted by Gasteiger charge is -2.13. The number of hydrogen-bond acceptors (Lipinski definition) is 0. The quantitative estimate of drug-likeness (QED) is 0.266. The molecule has 100 valence electrons. The fraction of sp³-hybridized carbons (Fsp3) is 0.143. The van der Waals surface area contributed by atoms with Gasteiger partial charge in [0, 0.05) is 22.4 Å². The molecule has 0 saturated heterocycles. The number of hydrogen-bond donors (Lipinski definition) is 0. The van der Waals surface area contributed by atoms with E-state index in [0.29, 0.717) is 0 Å². The van der Waals surface area contributed by atoms with Crippen LogP contribution in [0.1, 0.15) is 11.1 Å². The van der Waals surface area contributed by atoms with Crippen LogP contribution in [0.4, 0.5) is 0 Å². The first-order valence-electron chi connectivity index (χ1n) is 5.56. The standard InChI is InChI=1S/C14H9Br5/c15-10-9(7-6-8-4-2-1-3-5-8)11(16)13(18)14(19)12(10)17/h1-5H,6-7H2. The molecular formula is C14H9Br5. The van der Waals surface area contributed by atoms with Gasteiger partial charge >= 0.3 is 0 Å². The van der Waals surface area contributed by atoms with E-state index in [4.69, 9.17) is 0 Å². The molecule has 0 heterocycles. The van der Waals surface area contributed by atoms with Gasteiger partial charge in [-0.25, -0.2) is 0 Å². The van der Waals surface area contributed by atoms with Crippen LogP contribution in [0.15, 0.2) is 52.7 Å². The third kappa shape index (κ3) is 3.73. The van der Waals surface area contributed by atoms with E-state index in [1.807, 2.05) is 6.07 Å². The van der Waals surface area contributed by atoms with Crippen molar-refractivity contribution in [2.75, 3.05) is 0 Å². The van der Waals surface area contributed by atoms with Gasteiger partial charge in [0.05, 0.1) is 0 Å². The van der Waals surface area contributed by atoms with Crippen molar-refractivity contribution in [2.45, 2.75) is 12.8 Å². The van der Waals surface area contributed by atoms with Crippen molar-refractivity contribution in [3.8, 4) is 0 Å². The van der Waals surface area contributed by atoms with Crippen molar-refractivity contribution in [3.63, 3.8) is 0 Å². The highest BCUT2D eigenvalue weighted by atomic mass is 79.9. The summed E-state index contributed by atoms with van der Waals surface area (Å²) in [7, 11) is 0. The van der Waals surface area contributed by atoms with Gasteiger partial charge in [-0.1, -0.05) is 30.3 Å². The van der Waals surface area contributed by atoms with Crippen molar-refractivity contribution in [2.24, 2.45) is 0 Å². The van der Waals surface area contributed by atoms with Crippen LogP contribution in [-0.2, 0) is 12.8 Å². The molecule has 19 heavy (non-hydrogen) atoms. The SMILES string of the molecule is Brc1c(Br)c(Br)c(CCc2ccccc2)c(Br)c1Br. The molecule has 0 aromatic heterocycles. The Morgan fingerprint density at radius 1 is 0.579 bits per heavy atom. The minimum Gasteiger partial charge on any atom is -0.0622 e. The Morgan fingerprint density at radius 3 is 1.58 bits per heavy atom. The molecule has 0 aliphatic carbocycles. The van der Waals surface area contributed by atoms with Gasteiger partial charge in [0.25, 0.3) is 0 Å². The third-order valence-electron chi connectivity index (χ3n) is 2.81. The van der Waals surface area contributed by atoms with Crippen LogP contribution in [0.5, 0.6) is 0 Å². The lowest BCUT2D eigenvalue weighted by Crippen LogP contribution is -1.96. The van der Waals surface area contributed by atoms with Crippen molar-refractivity contribution in [1.29, 1.82) is 0 Å². The monoisotopic (exact) mass is 572 g/mol. The van der Waals surface area contributed by atoms with Gasteiger partial charge in [0.2, 0.25) is 0 Å². The van der Waals surface area contributed by atoms with Crippen molar-refractivity contribution in [3.05, 3.63) is 63.8 Å². The van der Waals surface area contributed by atoms with E-state index in [1.165, 1.54) is 11.1 Å². The van der Waals surface area contributed by atoms with Crippen molar-refractivity contribution < 1.29 is 0 Å². The first-order valence-corrected chi connectivity index (χ1v) is 9.53. The van der Waals surface area contributed by atoms with E-state index in [1.54, 1.807) is 0 Å². The first-order chi connectivity index (χ1) is 9.02. The van der Waals surface area contributed by atoms with E-state index in [2.05, 4.69) is 104 Å². The molecule has 0 bridgehead atoms. The maximum absolute atomic E-state index is 3.66. The highest BCUT2D eigenvalue weighted by molar-refractivity contribution is 9.15. The smallest absolute Gasteiger partial charge is 0.0482 e. The van der Waals surface area contributed by atoms with Gasteiger partial charge < -0.3 is 0 Å². The summed E-state index contributed by atoms with van der Waals surface area (Å²) in [4.78, 5) is 0. The fourth-order valence-electron chi connectivity index (χ4n) is 1.78. The Morgan fingerprint density at radius 2 is 1.05 bits per heavy atom. The average Bonchev–Trinajstić information content (AvgIpc) is 2.44. The first kappa shape index (κ1) is 16.2. The molecular weight excluding hydrogens is 568 g/mol. The van der Waals surface area contributed by atoms with E-state index >= 15 is 0 Å². The zero-order valence-electron chi connectivity index (χ0n) is 9.69. The highest BCUT2D eigenvalue weighted by Gasteiger charge is 2.17. The molecule has 0 unspecified atom stereocenters. The van der Waals surface area contributed by atoms with Crippen LogP contribution in [-0.4, -0.2) is 0 Å². The molecule has 0 spiro atoms. The Labute approximate surface area is 155 Å². The van der Waals surface area contributed by atoms with E-state index in [-0.39, 0.29) is 0 Å². The molecule has 0 amide bonds. The Hall–Kier alpha value is 0.840. The van der Waals surface area contributed by atoms with Crippen LogP contribution < -0.4 is 0 Å². The number of rotatable bonds is 3. The second-order valence-electron chi connectivity index (χ2n) is 4.03. The third-order valence-corrected chi connectivity index (χ3v) is 9.06. The van der Waals surface area contributed by atoms with Crippen LogP contribution in [0.3, 0.4) is 0 Å². The normalized spacial score (nSPS) is 10.8. The summed E-state index contributed by atoms with van der Waals surface area (Å²) >= 11 is 18.1. The largest absolute Gasteiger partial charge is 0.0622 e. The Balaban J connectivity index is 2.31. The molecule has 0 saturated carbocycles. The molecule has 5 heteroatoms. The molecule has 0 radical (unpaired) electrons. The fourth-order valence-corrected chi connectivity index (χ4v) is 5.31. The molecule has 0 atom stereocenters. The molecule has 0 N–H and O–H groups in total. The predicted octanol–water partition coefficient (Wildman–Crippen LogP) is 7.28. The molecule has 0 aliphatic heterocycles. The second kappa shape index (κ2) is 7.21. The highest BCUT2D eigenvalue weighted by Crippen LogP contribution is 2.44. The van der Waals surface area contributed by atoms with Gasteiger partial charge in [-0.2, -0.15) is 0 Å². The van der Waals surface area contributed by atoms with Crippen LogP contribution >= 0.6 is 79.6 Å². The molecule has 0 nitrogen and oxygen atoms in total. The average molecular weight is 577 g/mol. The Bertz CT molecular complexity index is 564. The van der Waals surface area contributed by atoms with E-state index in [0.717, 1.165) is 35.2 Å². The summed E-state index contributed by atoms with van der Waals surface area (Å²) in [6, 6.07) is 10.5. The van der Waals surface area contributed by atoms with E-state index in [9.17, 15) is 0 Å². The van der Waals surface area contributed by atoms with Crippen LogP contribution in [0.2, 0.25) is 0 Å². The molecule has 2 rings (SSSR count). The van der Waals surface area contributed by atoms with Gasteiger partial charge in [-0.15, -0.1) is 0 Å². The van der Waals surface area contributed by atoms with Gasteiger partial charge in [-0.05, 0) is 104 Å². The predicted molar refractivity (Wildman–Crippen MR) is 98.8 cm³/mol. The maximum Gasteiger partial charge on any atom is 0.0482 e. The summed E-state index contributed by atoms with van der Waals surface area (Å²) < 4.78 is 5.25. The summed E-state index contributed by atoms with van der Waals surface area (Å²) in [5.74, 6) is 0. The van der Waals surface area contributed by atoms with Crippen LogP contribution in [0.25, 0.3) is 0 Å². The summed E-state index contributed by atoms with van der Waals surface area (Å²) in [6.45, 7) is 0. The van der Waals surface area contributed by atoms with Crippen LogP contribution in [0, 0.1) is 0 Å². The summed E-state index contributed by atoms with van der Waals surface area (Å²) in [5.41, 5.74) is 2.60. The molecule has 0 fully saturated rings.